The van der Waals surface area contributed by atoms with Crippen LogP contribution in [0.1, 0.15) is 29.4 Å². The molecule has 0 aliphatic carbocycles. The second-order valence-corrected chi connectivity index (χ2v) is 7.79. The third kappa shape index (κ3) is 2.35. The Bertz CT molecular complexity index is 1000. The number of nitrogens with zero attached hydrogens (tertiary/aromatic N) is 2. The average molecular weight is 340 g/mol. The number of likely N-dealkylation sites (tertiary alicyclic amines) is 1. The molecule has 1 saturated heterocycles. The van der Waals surface area contributed by atoms with Crippen molar-refractivity contribution in [2.75, 3.05) is 13.1 Å². The number of aromatic nitrogens is 1. The van der Waals surface area contributed by atoms with E-state index in [1.165, 1.54) is 17.8 Å². The molecule has 124 valence electrons. The molecule has 2 aromatic heterocycles. The van der Waals surface area contributed by atoms with Gasteiger partial charge in [0.2, 0.25) is 0 Å². The highest BCUT2D eigenvalue weighted by Gasteiger charge is 2.24. The predicted molar refractivity (Wildman–Crippen MR) is 98.9 cm³/mol. The summed E-state index contributed by atoms with van der Waals surface area (Å²) in [5, 5.41) is 1.68. The van der Waals surface area contributed by atoms with Gasteiger partial charge in [0, 0.05) is 30.2 Å². The Morgan fingerprint density at radius 1 is 1.25 bits per heavy atom. The van der Waals surface area contributed by atoms with Gasteiger partial charge in [0.15, 0.2) is 0 Å². The summed E-state index contributed by atoms with van der Waals surface area (Å²) in [6.07, 6.45) is 2.24. The molecule has 4 rings (SSSR count). The molecule has 0 bridgehead atoms. The van der Waals surface area contributed by atoms with Crippen LogP contribution in [-0.2, 0) is 7.05 Å². The SMILES string of the molecule is C[C@H]1CCCN(C(=O)c2cc3c(=O)n(C)c4ccccc4c3s2)C1. The minimum Gasteiger partial charge on any atom is -0.338 e. The minimum atomic E-state index is -0.0361. The normalized spacial score (nSPS) is 18.4. The molecule has 0 saturated carbocycles. The fourth-order valence-electron chi connectivity index (χ4n) is 3.63. The molecule has 0 N–H and O–H groups in total. The van der Waals surface area contributed by atoms with Crippen LogP contribution in [0, 0.1) is 5.92 Å². The van der Waals surface area contributed by atoms with Gasteiger partial charge in [-0.1, -0.05) is 25.1 Å². The summed E-state index contributed by atoms with van der Waals surface area (Å²) in [7, 11) is 1.79. The maximum atomic E-state index is 12.9. The molecule has 1 amide bonds. The molecule has 0 unspecified atom stereocenters. The molecule has 5 heteroatoms. The average Bonchev–Trinajstić information content (AvgIpc) is 3.04. The van der Waals surface area contributed by atoms with Crippen LogP contribution in [0.5, 0.6) is 0 Å². The van der Waals surface area contributed by atoms with Gasteiger partial charge in [0.25, 0.3) is 11.5 Å². The van der Waals surface area contributed by atoms with Crippen molar-refractivity contribution in [1.29, 1.82) is 0 Å². The second kappa shape index (κ2) is 5.74. The largest absolute Gasteiger partial charge is 0.338 e. The van der Waals surface area contributed by atoms with Crippen molar-refractivity contribution < 1.29 is 4.79 Å². The second-order valence-electron chi connectivity index (χ2n) is 6.73. The number of rotatable bonds is 1. The monoisotopic (exact) mass is 340 g/mol. The number of carbonyl (C=O) groups excluding carboxylic acids is 1. The number of thiophene rings is 1. The van der Waals surface area contributed by atoms with E-state index in [2.05, 4.69) is 6.92 Å². The van der Waals surface area contributed by atoms with Gasteiger partial charge in [-0.2, -0.15) is 0 Å². The fraction of sp³-hybridized carbons (Fsp3) is 0.368. The van der Waals surface area contributed by atoms with Gasteiger partial charge in [-0.15, -0.1) is 11.3 Å². The van der Waals surface area contributed by atoms with Crippen LogP contribution in [0.3, 0.4) is 0 Å². The Balaban J connectivity index is 1.87. The molecule has 3 heterocycles. The van der Waals surface area contributed by atoms with Crippen molar-refractivity contribution >= 4 is 38.2 Å². The quantitative estimate of drug-likeness (QED) is 0.679. The van der Waals surface area contributed by atoms with Crippen LogP contribution in [0.25, 0.3) is 21.0 Å². The Labute approximate surface area is 144 Å². The number of carbonyl (C=O) groups is 1. The van der Waals surface area contributed by atoms with Gasteiger partial charge in [-0.3, -0.25) is 9.59 Å². The molecule has 1 aliphatic heterocycles. The lowest BCUT2D eigenvalue weighted by Gasteiger charge is -2.30. The van der Waals surface area contributed by atoms with Crippen LogP contribution in [-0.4, -0.2) is 28.5 Å². The van der Waals surface area contributed by atoms with Crippen LogP contribution in [0.4, 0.5) is 0 Å². The van der Waals surface area contributed by atoms with E-state index in [9.17, 15) is 9.59 Å². The van der Waals surface area contributed by atoms with Crippen molar-refractivity contribution in [2.45, 2.75) is 19.8 Å². The summed E-state index contributed by atoms with van der Waals surface area (Å²) in [5.41, 5.74) is 0.869. The third-order valence-electron chi connectivity index (χ3n) is 4.93. The van der Waals surface area contributed by atoms with Gasteiger partial charge < -0.3 is 9.47 Å². The third-order valence-corrected chi connectivity index (χ3v) is 6.09. The van der Waals surface area contributed by atoms with Crippen LogP contribution >= 0.6 is 11.3 Å². The van der Waals surface area contributed by atoms with Crippen LogP contribution in [0.15, 0.2) is 35.1 Å². The van der Waals surface area contributed by atoms with Crippen LogP contribution in [0.2, 0.25) is 0 Å². The van der Waals surface area contributed by atoms with Gasteiger partial charge >= 0.3 is 0 Å². The predicted octanol–water partition coefficient (Wildman–Crippen LogP) is 3.63. The molecule has 0 radical (unpaired) electrons. The summed E-state index contributed by atoms with van der Waals surface area (Å²) in [4.78, 5) is 28.1. The highest BCUT2D eigenvalue weighted by Crippen LogP contribution is 2.31. The molecule has 4 nitrogen and oxygen atoms in total. The Morgan fingerprint density at radius 2 is 2.04 bits per heavy atom. The van der Waals surface area contributed by atoms with E-state index in [0.29, 0.717) is 16.2 Å². The lowest BCUT2D eigenvalue weighted by Crippen LogP contribution is -2.38. The van der Waals surface area contributed by atoms with Gasteiger partial charge in [0.1, 0.15) is 0 Å². The number of para-hydroxylation sites is 1. The molecule has 1 aliphatic rings. The van der Waals surface area contributed by atoms with E-state index >= 15 is 0 Å². The van der Waals surface area contributed by atoms with E-state index in [1.54, 1.807) is 17.7 Å². The first kappa shape index (κ1) is 15.4. The Hall–Kier alpha value is -2.14. The number of benzene rings is 1. The number of hydrogen-bond donors (Lipinski definition) is 0. The maximum absolute atomic E-state index is 12.9. The Morgan fingerprint density at radius 3 is 2.83 bits per heavy atom. The zero-order chi connectivity index (χ0) is 16.8. The van der Waals surface area contributed by atoms with Crippen molar-refractivity contribution in [3.8, 4) is 0 Å². The number of pyridine rings is 1. The molecule has 1 atom stereocenters. The molecule has 1 fully saturated rings. The summed E-state index contributed by atoms with van der Waals surface area (Å²) >= 11 is 1.45. The Kier molecular flexibility index (Phi) is 3.68. The van der Waals surface area contributed by atoms with Crippen LogP contribution < -0.4 is 5.56 Å². The van der Waals surface area contributed by atoms with Gasteiger partial charge in [-0.05, 0) is 30.9 Å². The molecule has 3 aromatic rings. The zero-order valence-electron chi connectivity index (χ0n) is 13.9. The first-order valence-corrected chi connectivity index (χ1v) is 9.18. The zero-order valence-corrected chi connectivity index (χ0v) is 14.7. The number of amides is 1. The standard InChI is InChI=1S/C19H20N2O2S/c1-12-6-5-9-21(11-12)19(23)16-10-14-17(24-16)13-7-3-4-8-15(13)20(2)18(14)22/h3-4,7-8,10,12H,5-6,9,11H2,1-2H3/t12-/m0/s1. The lowest BCUT2D eigenvalue weighted by molar-refractivity contribution is 0.0688. The minimum absolute atomic E-state index is 0.0361. The van der Waals surface area contributed by atoms with Crippen molar-refractivity contribution in [1.82, 2.24) is 9.47 Å². The number of aryl methyl sites for hydroxylation is 1. The van der Waals surface area contributed by atoms with Crippen molar-refractivity contribution in [3.05, 3.63) is 45.6 Å². The van der Waals surface area contributed by atoms with E-state index in [0.717, 1.165) is 35.1 Å². The maximum Gasteiger partial charge on any atom is 0.263 e. The van der Waals surface area contributed by atoms with Gasteiger partial charge in [-0.25, -0.2) is 0 Å². The van der Waals surface area contributed by atoms with Crippen molar-refractivity contribution in [3.63, 3.8) is 0 Å². The van der Waals surface area contributed by atoms with Gasteiger partial charge in [0.05, 0.1) is 15.8 Å². The molecule has 24 heavy (non-hydrogen) atoms. The lowest BCUT2D eigenvalue weighted by atomic mass is 10.0. The summed E-state index contributed by atoms with van der Waals surface area (Å²) < 4.78 is 2.59. The smallest absolute Gasteiger partial charge is 0.263 e. The first-order chi connectivity index (χ1) is 11.6. The highest BCUT2D eigenvalue weighted by atomic mass is 32.1. The van der Waals surface area contributed by atoms with Crippen molar-refractivity contribution in [2.24, 2.45) is 13.0 Å². The number of hydrogen-bond acceptors (Lipinski definition) is 3. The van der Waals surface area contributed by atoms with E-state index < -0.39 is 0 Å². The molecule has 0 spiro atoms. The molecular formula is C19H20N2O2S. The summed E-state index contributed by atoms with van der Waals surface area (Å²) in [5.74, 6) is 0.611. The molecule has 1 aromatic carbocycles. The summed E-state index contributed by atoms with van der Waals surface area (Å²) in [6, 6.07) is 9.66. The topological polar surface area (TPSA) is 42.3 Å². The molecular weight excluding hydrogens is 320 g/mol. The van der Waals surface area contributed by atoms with E-state index in [-0.39, 0.29) is 11.5 Å². The number of piperidine rings is 1. The fourth-order valence-corrected chi connectivity index (χ4v) is 4.79. The van der Waals surface area contributed by atoms with E-state index in [1.807, 2.05) is 29.2 Å². The number of fused-ring (bicyclic) bond motifs is 3. The first-order valence-electron chi connectivity index (χ1n) is 8.37. The highest BCUT2D eigenvalue weighted by molar-refractivity contribution is 7.21. The van der Waals surface area contributed by atoms with E-state index in [4.69, 9.17) is 0 Å². The summed E-state index contributed by atoms with van der Waals surface area (Å²) in [6.45, 7) is 3.82.